The van der Waals surface area contributed by atoms with Gasteiger partial charge in [-0.1, -0.05) is 5.92 Å². The second-order valence-electron chi connectivity index (χ2n) is 3.91. The molecule has 0 bridgehead atoms. The standard InChI is InChI=1S/C12H12N4/c1-2-7-16(9-10-3-4-10)12-11(8-13)5-6-14-15-12/h1,5-6,10H,3-4,7,9H2. The summed E-state index contributed by atoms with van der Waals surface area (Å²) >= 11 is 0. The van der Waals surface area contributed by atoms with Crippen molar-refractivity contribution in [3.63, 3.8) is 0 Å². The van der Waals surface area contributed by atoms with E-state index in [0.29, 0.717) is 23.8 Å². The largest absolute Gasteiger partial charge is 0.343 e. The van der Waals surface area contributed by atoms with E-state index in [0.717, 1.165) is 6.54 Å². The zero-order valence-electron chi connectivity index (χ0n) is 8.93. The van der Waals surface area contributed by atoms with Crippen LogP contribution in [0.5, 0.6) is 0 Å². The maximum absolute atomic E-state index is 8.99. The minimum Gasteiger partial charge on any atom is -0.343 e. The first-order valence-corrected chi connectivity index (χ1v) is 5.25. The predicted molar refractivity (Wildman–Crippen MR) is 60.5 cm³/mol. The zero-order valence-corrected chi connectivity index (χ0v) is 8.93. The Morgan fingerprint density at radius 3 is 3.00 bits per heavy atom. The molecule has 1 aromatic rings. The molecule has 1 aromatic heterocycles. The molecule has 1 saturated carbocycles. The van der Waals surface area contributed by atoms with E-state index in [1.165, 1.54) is 19.0 Å². The highest BCUT2D eigenvalue weighted by Gasteiger charge is 2.25. The lowest BCUT2D eigenvalue weighted by Gasteiger charge is -2.20. The van der Waals surface area contributed by atoms with E-state index in [2.05, 4.69) is 22.2 Å². The van der Waals surface area contributed by atoms with E-state index in [1.54, 1.807) is 6.07 Å². The minimum absolute atomic E-state index is 0.476. The molecule has 0 aromatic carbocycles. The molecule has 0 radical (unpaired) electrons. The van der Waals surface area contributed by atoms with Crippen molar-refractivity contribution in [2.75, 3.05) is 18.0 Å². The summed E-state index contributed by atoms with van der Waals surface area (Å²) in [4.78, 5) is 1.96. The van der Waals surface area contributed by atoms with Crippen molar-refractivity contribution in [1.29, 1.82) is 5.26 Å². The molecule has 4 nitrogen and oxygen atoms in total. The van der Waals surface area contributed by atoms with Crippen LogP contribution in [0.1, 0.15) is 18.4 Å². The number of hydrogen-bond acceptors (Lipinski definition) is 4. The third-order valence-electron chi connectivity index (χ3n) is 2.58. The van der Waals surface area contributed by atoms with Gasteiger partial charge in [0.05, 0.1) is 18.3 Å². The molecule has 2 rings (SSSR count). The summed E-state index contributed by atoms with van der Waals surface area (Å²) in [7, 11) is 0. The first-order chi connectivity index (χ1) is 7.85. The van der Waals surface area contributed by atoms with Crippen LogP contribution < -0.4 is 4.90 Å². The van der Waals surface area contributed by atoms with Crippen molar-refractivity contribution < 1.29 is 0 Å². The van der Waals surface area contributed by atoms with E-state index in [4.69, 9.17) is 11.7 Å². The molecule has 0 N–H and O–H groups in total. The van der Waals surface area contributed by atoms with Gasteiger partial charge in [0.15, 0.2) is 5.82 Å². The summed E-state index contributed by atoms with van der Waals surface area (Å²) in [6.07, 6.45) is 9.33. The Kier molecular flexibility index (Phi) is 3.03. The molecule has 0 spiro atoms. The highest BCUT2D eigenvalue weighted by molar-refractivity contribution is 5.53. The van der Waals surface area contributed by atoms with Gasteiger partial charge in [0.1, 0.15) is 6.07 Å². The summed E-state index contributed by atoms with van der Waals surface area (Å²) in [5.41, 5.74) is 0.533. The van der Waals surface area contributed by atoms with Crippen LogP contribution in [0, 0.1) is 29.6 Å². The van der Waals surface area contributed by atoms with Gasteiger partial charge in [-0.25, -0.2) is 0 Å². The van der Waals surface area contributed by atoms with Crippen LogP contribution in [-0.2, 0) is 0 Å². The quantitative estimate of drug-likeness (QED) is 0.704. The van der Waals surface area contributed by atoms with Gasteiger partial charge in [0.25, 0.3) is 0 Å². The Labute approximate surface area is 94.9 Å². The second-order valence-corrected chi connectivity index (χ2v) is 3.91. The van der Waals surface area contributed by atoms with Crippen molar-refractivity contribution in [1.82, 2.24) is 10.2 Å². The van der Waals surface area contributed by atoms with Crippen LogP contribution in [-0.4, -0.2) is 23.3 Å². The van der Waals surface area contributed by atoms with E-state index >= 15 is 0 Å². The third kappa shape index (κ3) is 2.29. The molecule has 0 aliphatic heterocycles. The van der Waals surface area contributed by atoms with Crippen LogP contribution >= 0.6 is 0 Å². The number of terminal acetylenes is 1. The Hall–Kier alpha value is -2.07. The minimum atomic E-state index is 0.476. The molecule has 80 valence electrons. The molecule has 4 heteroatoms. The second kappa shape index (κ2) is 4.63. The summed E-state index contributed by atoms with van der Waals surface area (Å²) in [6.45, 7) is 1.35. The molecule has 1 fully saturated rings. The molecule has 0 atom stereocenters. The summed E-state index contributed by atoms with van der Waals surface area (Å²) in [5.74, 6) is 3.90. The normalized spacial score (nSPS) is 13.9. The summed E-state index contributed by atoms with van der Waals surface area (Å²) < 4.78 is 0. The molecule has 1 heterocycles. The number of aromatic nitrogens is 2. The van der Waals surface area contributed by atoms with Gasteiger partial charge < -0.3 is 4.90 Å². The van der Waals surface area contributed by atoms with Gasteiger partial charge in [-0.15, -0.1) is 11.5 Å². The SMILES string of the molecule is C#CCN(CC1CC1)c1nnccc1C#N. The highest BCUT2D eigenvalue weighted by Crippen LogP contribution is 2.31. The lowest BCUT2D eigenvalue weighted by atomic mass is 10.2. The molecule has 0 unspecified atom stereocenters. The Bertz CT molecular complexity index is 451. The van der Waals surface area contributed by atoms with Crippen molar-refractivity contribution in [3.8, 4) is 18.4 Å². The van der Waals surface area contributed by atoms with Crippen LogP contribution in [0.2, 0.25) is 0 Å². The van der Waals surface area contributed by atoms with Crippen molar-refractivity contribution in [2.45, 2.75) is 12.8 Å². The van der Waals surface area contributed by atoms with Gasteiger partial charge in [-0.05, 0) is 24.8 Å². The Balaban J connectivity index is 2.23. The van der Waals surface area contributed by atoms with Gasteiger partial charge in [0, 0.05) is 6.54 Å². The fraction of sp³-hybridized carbons (Fsp3) is 0.417. The summed E-state index contributed by atoms with van der Waals surface area (Å²) in [5, 5.41) is 16.8. The van der Waals surface area contributed by atoms with Crippen LogP contribution in [0.25, 0.3) is 0 Å². The lowest BCUT2D eigenvalue weighted by molar-refractivity contribution is 0.745. The maximum Gasteiger partial charge on any atom is 0.170 e. The molecule has 1 aliphatic carbocycles. The Morgan fingerprint density at radius 1 is 1.56 bits per heavy atom. The predicted octanol–water partition coefficient (Wildman–Crippen LogP) is 1.20. The van der Waals surface area contributed by atoms with E-state index in [-0.39, 0.29) is 0 Å². The number of nitriles is 1. The third-order valence-corrected chi connectivity index (χ3v) is 2.58. The average molecular weight is 212 g/mol. The maximum atomic E-state index is 8.99. The number of anilines is 1. The molecule has 0 amide bonds. The Morgan fingerprint density at radius 2 is 2.38 bits per heavy atom. The number of rotatable bonds is 4. The number of nitrogens with zero attached hydrogens (tertiary/aromatic N) is 4. The van der Waals surface area contributed by atoms with Gasteiger partial charge in [-0.2, -0.15) is 10.4 Å². The van der Waals surface area contributed by atoms with E-state index < -0.39 is 0 Å². The van der Waals surface area contributed by atoms with Crippen LogP contribution in [0.15, 0.2) is 12.3 Å². The van der Waals surface area contributed by atoms with Gasteiger partial charge in [-0.3, -0.25) is 0 Å². The monoisotopic (exact) mass is 212 g/mol. The zero-order chi connectivity index (χ0) is 11.4. The molecular formula is C12H12N4. The topological polar surface area (TPSA) is 52.8 Å². The molecule has 1 aliphatic rings. The summed E-state index contributed by atoms with van der Waals surface area (Å²) in [6, 6.07) is 3.78. The van der Waals surface area contributed by atoms with Crippen LogP contribution in [0.3, 0.4) is 0 Å². The van der Waals surface area contributed by atoms with Gasteiger partial charge in [0.2, 0.25) is 0 Å². The highest BCUT2D eigenvalue weighted by atomic mass is 15.3. The molecular weight excluding hydrogens is 200 g/mol. The smallest absolute Gasteiger partial charge is 0.170 e. The average Bonchev–Trinajstić information content (AvgIpc) is 3.12. The van der Waals surface area contributed by atoms with Gasteiger partial charge >= 0.3 is 0 Å². The lowest BCUT2D eigenvalue weighted by Crippen LogP contribution is -2.28. The van der Waals surface area contributed by atoms with Crippen molar-refractivity contribution in [2.24, 2.45) is 5.92 Å². The van der Waals surface area contributed by atoms with E-state index in [1.807, 2.05) is 4.90 Å². The molecule has 16 heavy (non-hydrogen) atoms. The molecule has 0 saturated heterocycles. The van der Waals surface area contributed by atoms with Crippen molar-refractivity contribution in [3.05, 3.63) is 17.8 Å². The fourth-order valence-corrected chi connectivity index (χ4v) is 1.59. The number of hydrogen-bond donors (Lipinski definition) is 0. The van der Waals surface area contributed by atoms with Crippen LogP contribution in [0.4, 0.5) is 5.82 Å². The first kappa shape index (κ1) is 10.4. The first-order valence-electron chi connectivity index (χ1n) is 5.25. The van der Waals surface area contributed by atoms with Crippen molar-refractivity contribution >= 4 is 5.82 Å². The fourth-order valence-electron chi connectivity index (χ4n) is 1.59. The van der Waals surface area contributed by atoms with E-state index in [9.17, 15) is 0 Å².